The number of nitrogens with one attached hydrogen (secondary N) is 1. The Morgan fingerprint density at radius 2 is 2.11 bits per heavy atom. The lowest BCUT2D eigenvalue weighted by atomic mass is 10.2. The molecule has 2 rings (SSSR count). The van der Waals surface area contributed by atoms with Crippen LogP contribution in [0.4, 0.5) is 9.52 Å². The summed E-state index contributed by atoms with van der Waals surface area (Å²) in [6.45, 7) is 1.37. The van der Waals surface area contributed by atoms with E-state index in [1.165, 1.54) is 30.4 Å². The number of rotatable bonds is 4. The van der Waals surface area contributed by atoms with E-state index < -0.39 is 12.0 Å². The molecule has 0 aliphatic heterocycles. The van der Waals surface area contributed by atoms with Gasteiger partial charge in [0.1, 0.15) is 16.9 Å². The Morgan fingerprint density at radius 1 is 1.42 bits per heavy atom. The summed E-state index contributed by atoms with van der Waals surface area (Å²) in [5.74, 6) is -0.810. The number of hydrogen-bond acceptors (Lipinski definition) is 5. The Labute approximate surface area is 113 Å². The average Bonchev–Trinajstić information content (AvgIpc) is 2.79. The molecule has 1 atom stereocenters. The molecule has 0 spiro atoms. The van der Waals surface area contributed by atoms with Crippen molar-refractivity contribution in [3.8, 4) is 0 Å². The standard InChI is InChI=1S/C12H12FN3O2S/c1-7(17)11(18)14-12-16-15-10(19-12)6-8-2-4-9(13)5-3-8/h2-5,7,17H,6H2,1H3,(H,14,16,18). The van der Waals surface area contributed by atoms with E-state index in [0.717, 1.165) is 5.56 Å². The second kappa shape index (κ2) is 5.85. The second-order valence-electron chi connectivity index (χ2n) is 3.97. The molecular formula is C12H12FN3O2S. The van der Waals surface area contributed by atoms with Crippen LogP contribution in [-0.2, 0) is 11.2 Å². The molecule has 2 N–H and O–H groups in total. The van der Waals surface area contributed by atoms with Crippen molar-refractivity contribution in [1.82, 2.24) is 10.2 Å². The lowest BCUT2D eigenvalue weighted by molar-refractivity contribution is -0.123. The minimum absolute atomic E-state index is 0.286. The van der Waals surface area contributed by atoms with E-state index in [2.05, 4.69) is 15.5 Å². The molecule has 1 aromatic carbocycles. The van der Waals surface area contributed by atoms with Crippen molar-refractivity contribution in [2.45, 2.75) is 19.4 Å². The highest BCUT2D eigenvalue weighted by atomic mass is 32.1. The molecule has 19 heavy (non-hydrogen) atoms. The van der Waals surface area contributed by atoms with Crippen molar-refractivity contribution in [2.75, 3.05) is 5.32 Å². The number of aliphatic hydroxyl groups is 1. The zero-order valence-corrected chi connectivity index (χ0v) is 10.9. The molecule has 1 amide bonds. The molecule has 0 saturated heterocycles. The lowest BCUT2D eigenvalue weighted by Crippen LogP contribution is -2.24. The first kappa shape index (κ1) is 13.6. The van der Waals surface area contributed by atoms with Gasteiger partial charge in [0, 0.05) is 6.42 Å². The summed E-state index contributed by atoms with van der Waals surface area (Å²) < 4.78 is 12.8. The number of benzene rings is 1. The number of halogens is 1. The number of carbonyl (C=O) groups is 1. The van der Waals surface area contributed by atoms with Gasteiger partial charge in [-0.05, 0) is 24.6 Å². The van der Waals surface area contributed by atoms with Crippen molar-refractivity contribution < 1.29 is 14.3 Å². The van der Waals surface area contributed by atoms with Crippen molar-refractivity contribution in [1.29, 1.82) is 0 Å². The van der Waals surface area contributed by atoms with Crippen LogP contribution < -0.4 is 5.32 Å². The molecular weight excluding hydrogens is 269 g/mol. The van der Waals surface area contributed by atoms with Crippen LogP contribution in [0.1, 0.15) is 17.5 Å². The van der Waals surface area contributed by atoms with Gasteiger partial charge in [-0.1, -0.05) is 23.5 Å². The number of hydrogen-bond donors (Lipinski definition) is 2. The van der Waals surface area contributed by atoms with Gasteiger partial charge in [-0.3, -0.25) is 10.1 Å². The number of anilines is 1. The summed E-state index contributed by atoms with van der Waals surface area (Å²) >= 11 is 1.22. The highest BCUT2D eigenvalue weighted by Crippen LogP contribution is 2.18. The van der Waals surface area contributed by atoms with Gasteiger partial charge in [-0.15, -0.1) is 10.2 Å². The fraction of sp³-hybridized carbons (Fsp3) is 0.250. The summed E-state index contributed by atoms with van der Waals surface area (Å²) in [5, 5.41) is 20.3. The maximum absolute atomic E-state index is 12.8. The molecule has 0 fully saturated rings. The molecule has 0 aliphatic rings. The highest BCUT2D eigenvalue weighted by molar-refractivity contribution is 7.15. The zero-order valence-electron chi connectivity index (χ0n) is 10.1. The van der Waals surface area contributed by atoms with E-state index in [1.807, 2.05) is 0 Å². The highest BCUT2D eigenvalue weighted by Gasteiger charge is 2.12. The number of aliphatic hydroxyl groups excluding tert-OH is 1. The van der Waals surface area contributed by atoms with Crippen molar-refractivity contribution in [3.05, 3.63) is 40.7 Å². The zero-order chi connectivity index (χ0) is 13.8. The topological polar surface area (TPSA) is 75.1 Å². The van der Waals surface area contributed by atoms with Gasteiger partial charge in [0.15, 0.2) is 0 Å². The van der Waals surface area contributed by atoms with Gasteiger partial charge in [-0.2, -0.15) is 0 Å². The largest absolute Gasteiger partial charge is 0.384 e. The fourth-order valence-electron chi connectivity index (χ4n) is 1.36. The van der Waals surface area contributed by atoms with Crippen molar-refractivity contribution in [3.63, 3.8) is 0 Å². The summed E-state index contributed by atoms with van der Waals surface area (Å²) in [6.07, 6.45) is -0.577. The molecule has 100 valence electrons. The molecule has 0 bridgehead atoms. The van der Waals surface area contributed by atoms with E-state index in [1.54, 1.807) is 12.1 Å². The quantitative estimate of drug-likeness (QED) is 0.892. The van der Waals surface area contributed by atoms with Crippen LogP contribution >= 0.6 is 11.3 Å². The summed E-state index contributed by atoms with van der Waals surface area (Å²) in [4.78, 5) is 11.3. The van der Waals surface area contributed by atoms with Crippen LogP contribution in [0.15, 0.2) is 24.3 Å². The van der Waals surface area contributed by atoms with E-state index in [4.69, 9.17) is 5.11 Å². The summed E-state index contributed by atoms with van der Waals surface area (Å²) in [6, 6.07) is 6.11. The first-order chi connectivity index (χ1) is 9.04. The van der Waals surface area contributed by atoms with E-state index in [-0.39, 0.29) is 5.82 Å². The number of nitrogens with zero attached hydrogens (tertiary/aromatic N) is 2. The van der Waals surface area contributed by atoms with Gasteiger partial charge in [0.25, 0.3) is 5.91 Å². The van der Waals surface area contributed by atoms with Gasteiger partial charge < -0.3 is 5.11 Å². The minimum Gasteiger partial charge on any atom is -0.384 e. The molecule has 0 radical (unpaired) electrons. The normalized spacial score (nSPS) is 12.2. The SMILES string of the molecule is CC(O)C(=O)Nc1nnc(Cc2ccc(F)cc2)s1. The first-order valence-corrected chi connectivity index (χ1v) is 6.42. The maximum atomic E-state index is 12.8. The Kier molecular flexibility index (Phi) is 4.18. The molecule has 7 heteroatoms. The van der Waals surface area contributed by atoms with Crippen LogP contribution in [0.5, 0.6) is 0 Å². The minimum atomic E-state index is -1.09. The van der Waals surface area contributed by atoms with Crippen molar-refractivity contribution in [2.24, 2.45) is 0 Å². The monoisotopic (exact) mass is 281 g/mol. The van der Waals surface area contributed by atoms with Crippen LogP contribution in [0.3, 0.4) is 0 Å². The Hall–Kier alpha value is -1.86. The smallest absolute Gasteiger partial charge is 0.254 e. The van der Waals surface area contributed by atoms with Crippen molar-refractivity contribution >= 4 is 22.4 Å². The second-order valence-corrected chi connectivity index (χ2v) is 5.03. The molecule has 0 aliphatic carbocycles. The third-order valence-corrected chi connectivity index (χ3v) is 3.18. The van der Waals surface area contributed by atoms with Crippen LogP contribution in [0.25, 0.3) is 0 Å². The molecule has 5 nitrogen and oxygen atoms in total. The molecule has 1 heterocycles. The molecule has 0 saturated carbocycles. The van der Waals surface area contributed by atoms with E-state index >= 15 is 0 Å². The molecule has 2 aromatic rings. The third kappa shape index (κ3) is 3.80. The van der Waals surface area contributed by atoms with Crippen LogP contribution in [0.2, 0.25) is 0 Å². The van der Waals surface area contributed by atoms with Crippen LogP contribution in [-0.4, -0.2) is 27.3 Å². The van der Waals surface area contributed by atoms with Gasteiger partial charge in [0.2, 0.25) is 5.13 Å². The number of amides is 1. The predicted molar refractivity (Wildman–Crippen MR) is 69.4 cm³/mol. The summed E-state index contributed by atoms with van der Waals surface area (Å²) in [7, 11) is 0. The average molecular weight is 281 g/mol. The Balaban J connectivity index is 2.01. The first-order valence-electron chi connectivity index (χ1n) is 5.60. The maximum Gasteiger partial charge on any atom is 0.254 e. The Bertz CT molecular complexity index is 569. The van der Waals surface area contributed by atoms with Gasteiger partial charge in [-0.25, -0.2) is 4.39 Å². The number of carbonyl (C=O) groups excluding carboxylic acids is 1. The van der Waals surface area contributed by atoms with Gasteiger partial charge in [0.05, 0.1) is 0 Å². The number of aromatic nitrogens is 2. The van der Waals surface area contributed by atoms with Gasteiger partial charge >= 0.3 is 0 Å². The van der Waals surface area contributed by atoms with Crippen LogP contribution in [0, 0.1) is 5.82 Å². The molecule has 1 aromatic heterocycles. The summed E-state index contributed by atoms with van der Waals surface area (Å²) in [5.41, 5.74) is 0.908. The fourth-order valence-corrected chi connectivity index (χ4v) is 2.14. The Morgan fingerprint density at radius 3 is 2.74 bits per heavy atom. The van der Waals surface area contributed by atoms with E-state index in [9.17, 15) is 9.18 Å². The lowest BCUT2D eigenvalue weighted by Gasteiger charge is -2.01. The third-order valence-electron chi connectivity index (χ3n) is 2.35. The molecule has 1 unspecified atom stereocenters. The van der Waals surface area contributed by atoms with E-state index in [0.29, 0.717) is 16.6 Å². The predicted octanol–water partition coefficient (Wildman–Crippen LogP) is 1.59.